The standard InChI is InChI=1S/C36H36O2P2/c1-29-30(2)36(38-26-28-40(33-19-11-5-12-20-33)34-21-13-6-14-22-34)24-23-35(29)37-25-27-39(31-15-7-3-8-16-31)32-17-9-4-10-18-32/h3-24H,25-28H2,1-2H3. The molecule has 0 fully saturated rings. The molecule has 0 radical (unpaired) electrons. The zero-order chi connectivity index (χ0) is 27.6. The minimum Gasteiger partial charge on any atom is -0.493 e. The van der Waals surface area contributed by atoms with Crippen LogP contribution in [0.15, 0.2) is 133 Å². The van der Waals surface area contributed by atoms with Crippen LogP contribution >= 0.6 is 15.8 Å². The smallest absolute Gasteiger partial charge is 0.122 e. The highest BCUT2D eigenvalue weighted by Crippen LogP contribution is 2.36. The SMILES string of the molecule is Cc1c(OCCP(c2ccccc2)c2ccccc2)ccc(OCCP(c2ccccc2)c2ccccc2)c1C. The molecule has 4 heteroatoms. The van der Waals surface area contributed by atoms with Gasteiger partial charge in [-0.2, -0.15) is 0 Å². The molecule has 0 amide bonds. The van der Waals surface area contributed by atoms with Gasteiger partial charge in [-0.1, -0.05) is 121 Å². The minimum atomic E-state index is -0.472. The van der Waals surface area contributed by atoms with Gasteiger partial charge in [0.05, 0.1) is 13.2 Å². The third kappa shape index (κ3) is 7.19. The summed E-state index contributed by atoms with van der Waals surface area (Å²) in [6.07, 6.45) is 1.95. The van der Waals surface area contributed by atoms with Crippen molar-refractivity contribution in [2.75, 3.05) is 25.5 Å². The summed E-state index contributed by atoms with van der Waals surface area (Å²) in [6, 6.07) is 47.4. The molecule has 0 aliphatic rings. The zero-order valence-corrected chi connectivity index (χ0v) is 25.0. The maximum atomic E-state index is 6.37. The second-order valence-corrected chi connectivity index (χ2v) is 14.3. The van der Waals surface area contributed by atoms with Gasteiger partial charge in [-0.15, -0.1) is 0 Å². The molecule has 0 heterocycles. The fraction of sp³-hybridized carbons (Fsp3) is 0.167. The van der Waals surface area contributed by atoms with Crippen molar-refractivity contribution in [3.63, 3.8) is 0 Å². The molecule has 202 valence electrons. The fourth-order valence-electron chi connectivity index (χ4n) is 4.82. The number of benzene rings is 5. The predicted molar refractivity (Wildman–Crippen MR) is 175 cm³/mol. The highest BCUT2D eigenvalue weighted by atomic mass is 31.1. The van der Waals surface area contributed by atoms with Gasteiger partial charge in [-0.25, -0.2) is 0 Å². The molecule has 0 unspecified atom stereocenters. The van der Waals surface area contributed by atoms with Crippen molar-refractivity contribution in [3.8, 4) is 11.5 Å². The van der Waals surface area contributed by atoms with Crippen molar-refractivity contribution in [3.05, 3.63) is 145 Å². The molecule has 0 N–H and O–H groups in total. The lowest BCUT2D eigenvalue weighted by atomic mass is 10.1. The van der Waals surface area contributed by atoms with Crippen molar-refractivity contribution in [1.29, 1.82) is 0 Å². The Morgan fingerprint density at radius 3 is 0.950 bits per heavy atom. The van der Waals surface area contributed by atoms with Crippen LogP contribution in [0.1, 0.15) is 11.1 Å². The second kappa shape index (κ2) is 14.3. The van der Waals surface area contributed by atoms with Crippen molar-refractivity contribution in [2.45, 2.75) is 13.8 Å². The van der Waals surface area contributed by atoms with E-state index in [1.807, 2.05) is 0 Å². The molecular formula is C36H36O2P2. The molecule has 40 heavy (non-hydrogen) atoms. The van der Waals surface area contributed by atoms with E-state index in [9.17, 15) is 0 Å². The van der Waals surface area contributed by atoms with Gasteiger partial charge in [0.25, 0.3) is 0 Å². The van der Waals surface area contributed by atoms with Crippen LogP contribution in [0.2, 0.25) is 0 Å². The van der Waals surface area contributed by atoms with Gasteiger partial charge in [0.1, 0.15) is 11.5 Å². The molecule has 5 rings (SSSR count). The Kier molecular flexibility index (Phi) is 10.0. The van der Waals surface area contributed by atoms with Crippen molar-refractivity contribution in [1.82, 2.24) is 0 Å². The first kappa shape index (κ1) is 28.1. The van der Waals surface area contributed by atoms with E-state index in [1.54, 1.807) is 0 Å². The summed E-state index contributed by atoms with van der Waals surface area (Å²) in [7, 11) is -0.943. The van der Waals surface area contributed by atoms with Crippen LogP contribution in [0.5, 0.6) is 11.5 Å². The summed E-state index contributed by atoms with van der Waals surface area (Å²) >= 11 is 0. The van der Waals surface area contributed by atoms with E-state index in [-0.39, 0.29) is 0 Å². The van der Waals surface area contributed by atoms with Crippen LogP contribution in [0.25, 0.3) is 0 Å². The molecule has 5 aromatic carbocycles. The summed E-state index contributed by atoms with van der Waals surface area (Å²) in [6.45, 7) is 5.62. The van der Waals surface area contributed by atoms with Crippen LogP contribution in [0, 0.1) is 13.8 Å². The highest BCUT2D eigenvalue weighted by Gasteiger charge is 2.16. The molecular weight excluding hydrogens is 526 g/mol. The Morgan fingerprint density at radius 2 is 0.675 bits per heavy atom. The predicted octanol–water partition coefficient (Wildman–Crippen LogP) is 7.33. The van der Waals surface area contributed by atoms with E-state index in [4.69, 9.17) is 9.47 Å². The average Bonchev–Trinajstić information content (AvgIpc) is 3.02. The molecule has 0 saturated carbocycles. The van der Waals surface area contributed by atoms with E-state index < -0.39 is 15.8 Å². The first-order valence-electron chi connectivity index (χ1n) is 13.8. The lowest BCUT2D eigenvalue weighted by Gasteiger charge is -2.21. The monoisotopic (exact) mass is 562 g/mol. The lowest BCUT2D eigenvalue weighted by Crippen LogP contribution is -2.18. The minimum absolute atomic E-state index is 0.472. The zero-order valence-electron chi connectivity index (χ0n) is 23.2. The van der Waals surface area contributed by atoms with Gasteiger partial charge < -0.3 is 9.47 Å². The summed E-state index contributed by atoms with van der Waals surface area (Å²) in [5, 5.41) is 5.54. The number of hydrogen-bond donors (Lipinski definition) is 0. The Morgan fingerprint density at radius 1 is 0.400 bits per heavy atom. The van der Waals surface area contributed by atoms with Crippen molar-refractivity contribution < 1.29 is 9.47 Å². The first-order chi connectivity index (χ1) is 19.7. The lowest BCUT2D eigenvalue weighted by molar-refractivity contribution is 0.329. The molecule has 0 bridgehead atoms. The summed E-state index contributed by atoms with van der Waals surface area (Å²) in [4.78, 5) is 0. The summed E-state index contributed by atoms with van der Waals surface area (Å²) < 4.78 is 12.7. The molecule has 0 spiro atoms. The van der Waals surface area contributed by atoms with Crippen LogP contribution in [-0.4, -0.2) is 25.5 Å². The van der Waals surface area contributed by atoms with Crippen molar-refractivity contribution in [2.24, 2.45) is 0 Å². The van der Waals surface area contributed by atoms with Gasteiger partial charge in [-0.3, -0.25) is 0 Å². The van der Waals surface area contributed by atoms with Gasteiger partial charge in [0.2, 0.25) is 0 Å². The molecule has 0 atom stereocenters. The molecule has 0 saturated heterocycles. The Hall–Kier alpha value is -3.44. The molecule has 0 aliphatic heterocycles. The molecule has 0 aliphatic carbocycles. The van der Waals surface area contributed by atoms with E-state index in [0.717, 1.165) is 34.9 Å². The number of rotatable bonds is 12. The van der Waals surface area contributed by atoms with Crippen molar-refractivity contribution >= 4 is 37.1 Å². The fourth-order valence-corrected chi connectivity index (χ4v) is 9.13. The first-order valence-corrected chi connectivity index (χ1v) is 16.9. The second-order valence-electron chi connectivity index (χ2n) is 9.65. The summed E-state index contributed by atoms with van der Waals surface area (Å²) in [5.74, 6) is 1.88. The van der Waals surface area contributed by atoms with Gasteiger partial charge >= 0.3 is 0 Å². The van der Waals surface area contributed by atoms with Gasteiger partial charge in [-0.05, 0) is 74.2 Å². The van der Waals surface area contributed by atoms with Crippen LogP contribution < -0.4 is 30.7 Å². The Balaban J connectivity index is 1.22. The molecule has 0 aromatic heterocycles. The highest BCUT2D eigenvalue weighted by molar-refractivity contribution is 7.73. The van der Waals surface area contributed by atoms with Crippen LogP contribution in [0.3, 0.4) is 0 Å². The van der Waals surface area contributed by atoms with E-state index in [0.29, 0.717) is 13.2 Å². The normalized spacial score (nSPS) is 11.1. The quantitative estimate of drug-likeness (QED) is 0.148. The third-order valence-electron chi connectivity index (χ3n) is 7.10. The average molecular weight is 563 g/mol. The van der Waals surface area contributed by atoms with Gasteiger partial charge in [0.15, 0.2) is 0 Å². The maximum Gasteiger partial charge on any atom is 0.122 e. The van der Waals surface area contributed by atoms with Crippen LogP contribution in [-0.2, 0) is 0 Å². The third-order valence-corrected chi connectivity index (χ3v) is 12.0. The molecule has 5 aromatic rings. The van der Waals surface area contributed by atoms with E-state index in [1.165, 1.54) is 21.2 Å². The molecule has 2 nitrogen and oxygen atoms in total. The number of hydrogen-bond acceptors (Lipinski definition) is 2. The Labute approximate surface area is 241 Å². The Bertz CT molecular complexity index is 1270. The van der Waals surface area contributed by atoms with E-state index >= 15 is 0 Å². The van der Waals surface area contributed by atoms with E-state index in [2.05, 4.69) is 147 Å². The summed E-state index contributed by atoms with van der Waals surface area (Å²) in [5.41, 5.74) is 2.30. The number of ether oxygens (including phenoxy) is 2. The maximum absolute atomic E-state index is 6.37. The van der Waals surface area contributed by atoms with Crippen LogP contribution in [0.4, 0.5) is 0 Å². The topological polar surface area (TPSA) is 18.5 Å². The largest absolute Gasteiger partial charge is 0.493 e. The van der Waals surface area contributed by atoms with Gasteiger partial charge in [0, 0.05) is 12.3 Å².